The van der Waals surface area contributed by atoms with E-state index in [-0.39, 0.29) is 0 Å². The Morgan fingerprint density at radius 3 is 2.67 bits per heavy atom. The van der Waals surface area contributed by atoms with Crippen molar-refractivity contribution in [2.24, 2.45) is 0 Å². The average Bonchev–Trinajstić information content (AvgIpc) is 2.25. The van der Waals surface area contributed by atoms with Crippen LogP contribution in [0.1, 0.15) is 12.5 Å². The molecule has 0 unspecified atom stereocenters. The number of allylic oxidation sites excluding steroid dienone is 1. The first-order valence-electron chi connectivity index (χ1n) is 4.77. The van der Waals surface area contributed by atoms with E-state index in [1.54, 1.807) is 0 Å². The van der Waals surface area contributed by atoms with Gasteiger partial charge in [-0.1, -0.05) is 36.9 Å². The summed E-state index contributed by atoms with van der Waals surface area (Å²) in [5, 5.41) is 3.21. The third kappa shape index (κ3) is 3.09. The minimum Gasteiger partial charge on any atom is -0.381 e. The molecule has 0 aromatic heterocycles. The van der Waals surface area contributed by atoms with Crippen molar-refractivity contribution in [3.8, 4) is 0 Å². The Morgan fingerprint density at radius 1 is 1.40 bits per heavy atom. The van der Waals surface area contributed by atoms with Gasteiger partial charge in [-0.25, -0.2) is 0 Å². The van der Waals surface area contributed by atoms with Crippen molar-refractivity contribution < 1.29 is 4.79 Å². The molecule has 0 bridgehead atoms. The van der Waals surface area contributed by atoms with Crippen molar-refractivity contribution in [2.45, 2.75) is 6.92 Å². The molecule has 15 heavy (non-hydrogen) atoms. The monoisotopic (exact) mass is 201 g/mol. The third-order valence-corrected chi connectivity index (χ3v) is 2.00. The molecule has 0 heterocycles. The summed E-state index contributed by atoms with van der Waals surface area (Å²) in [5.74, 6) is 0. The molecule has 0 saturated carbocycles. The number of hydrogen-bond acceptors (Lipinski definition) is 2. The van der Waals surface area contributed by atoms with Gasteiger partial charge in [0.1, 0.15) is 6.29 Å². The van der Waals surface area contributed by atoms with E-state index in [0.717, 1.165) is 23.1 Å². The molecule has 0 spiro atoms. The molecular formula is C13H15NO. The highest BCUT2D eigenvalue weighted by molar-refractivity contribution is 6.08. The Hall–Kier alpha value is -1.83. The van der Waals surface area contributed by atoms with E-state index < -0.39 is 0 Å². The van der Waals surface area contributed by atoms with Crippen LogP contribution in [-0.4, -0.2) is 12.8 Å². The van der Waals surface area contributed by atoms with Crippen LogP contribution >= 0.6 is 0 Å². The molecular weight excluding hydrogens is 186 g/mol. The van der Waals surface area contributed by atoms with Gasteiger partial charge in [-0.2, -0.15) is 0 Å². The molecule has 0 aliphatic rings. The molecule has 0 atom stereocenters. The lowest BCUT2D eigenvalue weighted by Crippen LogP contribution is -2.04. The van der Waals surface area contributed by atoms with Crippen molar-refractivity contribution in [2.75, 3.05) is 11.9 Å². The highest BCUT2D eigenvalue weighted by Crippen LogP contribution is 2.21. The molecule has 2 nitrogen and oxygen atoms in total. The van der Waals surface area contributed by atoms with Gasteiger partial charge in [0.15, 0.2) is 0 Å². The zero-order valence-corrected chi connectivity index (χ0v) is 8.92. The normalized spacial score (nSPS) is 9.40. The first kappa shape index (κ1) is 11.2. The van der Waals surface area contributed by atoms with Crippen LogP contribution in [0, 0.1) is 0 Å². The summed E-state index contributed by atoms with van der Waals surface area (Å²) in [7, 11) is 0. The Balaban J connectivity index is 2.91. The van der Waals surface area contributed by atoms with Crippen LogP contribution in [-0.2, 0) is 4.79 Å². The quantitative estimate of drug-likeness (QED) is 0.451. The zero-order valence-electron chi connectivity index (χ0n) is 8.92. The van der Waals surface area contributed by atoms with Gasteiger partial charge >= 0.3 is 0 Å². The Labute approximate surface area is 90.3 Å². The van der Waals surface area contributed by atoms with Crippen molar-refractivity contribution in [1.82, 2.24) is 0 Å². The SMILES string of the molecule is C=C(C)CNc1ccccc1C(=C)C=O. The predicted molar refractivity (Wildman–Crippen MR) is 64.8 cm³/mol. The second-order valence-corrected chi connectivity index (χ2v) is 3.50. The zero-order chi connectivity index (χ0) is 11.3. The number of aldehydes is 1. The molecule has 1 rings (SSSR count). The molecule has 1 aromatic rings. The van der Waals surface area contributed by atoms with Crippen LogP contribution in [0.5, 0.6) is 0 Å². The number of nitrogens with one attached hydrogen (secondary N) is 1. The second kappa shape index (κ2) is 5.15. The number of anilines is 1. The van der Waals surface area contributed by atoms with Gasteiger partial charge < -0.3 is 5.32 Å². The third-order valence-electron chi connectivity index (χ3n) is 2.00. The lowest BCUT2D eigenvalue weighted by molar-refractivity contribution is -0.103. The number of carbonyl (C=O) groups excluding carboxylic acids is 1. The fourth-order valence-electron chi connectivity index (χ4n) is 1.23. The predicted octanol–water partition coefficient (Wildman–Crippen LogP) is 2.89. The van der Waals surface area contributed by atoms with Crippen molar-refractivity contribution in [1.29, 1.82) is 0 Å². The first-order valence-corrected chi connectivity index (χ1v) is 4.77. The highest BCUT2D eigenvalue weighted by Gasteiger charge is 2.03. The standard InChI is InChI=1S/C13H15NO/c1-10(2)8-14-13-7-5-4-6-12(13)11(3)9-15/h4-7,9,14H,1,3,8H2,2H3. The topological polar surface area (TPSA) is 29.1 Å². The summed E-state index contributed by atoms with van der Waals surface area (Å²) in [6, 6.07) is 7.60. The average molecular weight is 201 g/mol. The van der Waals surface area contributed by atoms with Gasteiger partial charge in [0.05, 0.1) is 0 Å². The Morgan fingerprint density at radius 2 is 2.07 bits per heavy atom. The van der Waals surface area contributed by atoms with Gasteiger partial charge in [0.25, 0.3) is 0 Å². The van der Waals surface area contributed by atoms with Crippen molar-refractivity contribution in [3.05, 3.63) is 48.6 Å². The molecule has 0 saturated heterocycles. The number of carbonyl (C=O) groups is 1. The minimum atomic E-state index is 0.486. The van der Waals surface area contributed by atoms with Crippen LogP contribution in [0.2, 0.25) is 0 Å². The largest absolute Gasteiger partial charge is 0.381 e. The molecule has 1 aromatic carbocycles. The van der Waals surface area contributed by atoms with Gasteiger partial charge in [0.2, 0.25) is 0 Å². The van der Waals surface area contributed by atoms with E-state index in [1.807, 2.05) is 31.2 Å². The number of rotatable bonds is 5. The van der Waals surface area contributed by atoms with Crippen LogP contribution in [0.4, 0.5) is 5.69 Å². The summed E-state index contributed by atoms with van der Waals surface area (Å²) >= 11 is 0. The molecule has 0 radical (unpaired) electrons. The highest BCUT2D eigenvalue weighted by atomic mass is 16.1. The van der Waals surface area contributed by atoms with Crippen LogP contribution in [0.25, 0.3) is 5.57 Å². The molecule has 0 aliphatic carbocycles. The van der Waals surface area contributed by atoms with E-state index in [4.69, 9.17) is 0 Å². The maximum atomic E-state index is 10.7. The maximum Gasteiger partial charge on any atom is 0.150 e. The molecule has 1 N–H and O–H groups in total. The molecule has 0 aliphatic heterocycles. The smallest absolute Gasteiger partial charge is 0.150 e. The summed E-state index contributed by atoms with van der Waals surface area (Å²) in [4.78, 5) is 10.7. The van der Waals surface area contributed by atoms with E-state index in [0.29, 0.717) is 12.1 Å². The summed E-state index contributed by atoms with van der Waals surface area (Å²) in [6.45, 7) is 10.2. The minimum absolute atomic E-state index is 0.486. The lowest BCUT2D eigenvalue weighted by Gasteiger charge is -2.10. The van der Waals surface area contributed by atoms with Crippen molar-refractivity contribution >= 4 is 17.5 Å². The Bertz CT molecular complexity index is 393. The Kier molecular flexibility index (Phi) is 3.86. The summed E-state index contributed by atoms with van der Waals surface area (Å²) in [5.41, 5.74) is 3.28. The van der Waals surface area contributed by atoms with Crippen LogP contribution in [0.3, 0.4) is 0 Å². The second-order valence-electron chi connectivity index (χ2n) is 3.50. The van der Waals surface area contributed by atoms with Crippen molar-refractivity contribution in [3.63, 3.8) is 0 Å². The van der Waals surface area contributed by atoms with E-state index in [9.17, 15) is 4.79 Å². The van der Waals surface area contributed by atoms with Gasteiger partial charge in [-0.05, 0) is 13.0 Å². The fraction of sp³-hybridized carbons (Fsp3) is 0.154. The van der Waals surface area contributed by atoms with Crippen LogP contribution in [0.15, 0.2) is 43.0 Å². The van der Waals surface area contributed by atoms with Gasteiger partial charge in [-0.3, -0.25) is 4.79 Å². The van der Waals surface area contributed by atoms with E-state index in [1.165, 1.54) is 0 Å². The summed E-state index contributed by atoms with van der Waals surface area (Å²) < 4.78 is 0. The molecule has 78 valence electrons. The lowest BCUT2D eigenvalue weighted by atomic mass is 10.1. The molecule has 0 fully saturated rings. The molecule has 2 heteroatoms. The number of hydrogen-bond donors (Lipinski definition) is 1. The maximum absolute atomic E-state index is 10.7. The van der Waals surface area contributed by atoms with E-state index in [2.05, 4.69) is 18.5 Å². The number of benzene rings is 1. The molecule has 0 amide bonds. The van der Waals surface area contributed by atoms with Gasteiger partial charge in [0, 0.05) is 23.4 Å². The van der Waals surface area contributed by atoms with Gasteiger partial charge in [-0.15, -0.1) is 0 Å². The summed E-state index contributed by atoms with van der Waals surface area (Å²) in [6.07, 6.45) is 0.765. The first-order chi connectivity index (χ1) is 7.15. The van der Waals surface area contributed by atoms with Crippen LogP contribution < -0.4 is 5.32 Å². The fourth-order valence-corrected chi connectivity index (χ4v) is 1.23. The van der Waals surface area contributed by atoms with E-state index >= 15 is 0 Å². The number of para-hydroxylation sites is 1.